The van der Waals surface area contributed by atoms with E-state index in [1.807, 2.05) is 48.2 Å². The fraction of sp³-hybridized carbons (Fsp3) is 0.231. The van der Waals surface area contributed by atoms with Crippen molar-refractivity contribution in [3.63, 3.8) is 0 Å². The van der Waals surface area contributed by atoms with Gasteiger partial charge < -0.3 is 10.6 Å². The molecule has 1 aromatic carbocycles. The molecule has 0 radical (unpaired) electrons. The maximum Gasteiger partial charge on any atom is 0.151 e. The summed E-state index contributed by atoms with van der Waals surface area (Å²) in [5.74, 6) is 0. The molecule has 1 saturated heterocycles. The van der Waals surface area contributed by atoms with E-state index >= 15 is 0 Å². The summed E-state index contributed by atoms with van der Waals surface area (Å²) < 4.78 is 0. The molecule has 4 nitrogen and oxygen atoms in total. The van der Waals surface area contributed by atoms with Crippen LogP contribution in [-0.4, -0.2) is 11.4 Å². The Morgan fingerprint density at radius 2 is 1.94 bits per heavy atom. The third-order valence-corrected chi connectivity index (χ3v) is 2.84. The Kier molecular flexibility index (Phi) is 2.72. The predicted molar refractivity (Wildman–Crippen MR) is 63.1 cm³/mol. The van der Waals surface area contributed by atoms with Crippen LogP contribution in [0.15, 0.2) is 35.7 Å². The molecule has 84 valence electrons. The normalized spacial score (nSPS) is 19.0. The molecule has 0 amide bonds. The number of aryl methyl sites for hydroxylation is 1. The standard InChI is InChI=1S/C13H12N4/c1-9-2-4-10(5-3-9)13-8-17(13)12(7-15)11(16)6-14/h2-5,13H,8,16H2,1H3/b12-11+. The van der Waals surface area contributed by atoms with Crippen molar-refractivity contribution < 1.29 is 0 Å². The zero-order valence-corrected chi connectivity index (χ0v) is 9.51. The van der Waals surface area contributed by atoms with E-state index in [1.54, 1.807) is 0 Å². The average molecular weight is 224 g/mol. The third kappa shape index (κ3) is 2.07. The Bertz CT molecular complexity index is 542. The van der Waals surface area contributed by atoms with Gasteiger partial charge in [-0.2, -0.15) is 10.5 Å². The van der Waals surface area contributed by atoms with E-state index in [1.165, 1.54) is 5.56 Å². The molecule has 2 rings (SSSR count). The van der Waals surface area contributed by atoms with Crippen LogP contribution < -0.4 is 5.73 Å². The largest absolute Gasteiger partial charge is 0.388 e. The second kappa shape index (κ2) is 4.19. The van der Waals surface area contributed by atoms with E-state index in [0.29, 0.717) is 0 Å². The molecule has 1 aliphatic rings. The zero-order chi connectivity index (χ0) is 12.4. The molecule has 1 unspecified atom stereocenters. The van der Waals surface area contributed by atoms with Gasteiger partial charge in [-0.15, -0.1) is 0 Å². The van der Waals surface area contributed by atoms with Gasteiger partial charge >= 0.3 is 0 Å². The molecule has 0 saturated carbocycles. The first-order chi connectivity index (χ1) is 8.17. The monoisotopic (exact) mass is 224 g/mol. The fourth-order valence-electron chi connectivity index (χ4n) is 1.79. The molecule has 1 atom stereocenters. The van der Waals surface area contributed by atoms with Gasteiger partial charge in [-0.1, -0.05) is 29.8 Å². The van der Waals surface area contributed by atoms with Crippen molar-refractivity contribution >= 4 is 0 Å². The van der Waals surface area contributed by atoms with Crippen LogP contribution in [0.25, 0.3) is 0 Å². The van der Waals surface area contributed by atoms with E-state index in [4.69, 9.17) is 16.3 Å². The lowest BCUT2D eigenvalue weighted by Crippen LogP contribution is -2.06. The second-order valence-corrected chi connectivity index (χ2v) is 4.06. The predicted octanol–water partition coefficient (Wildman–Crippen LogP) is 1.57. The van der Waals surface area contributed by atoms with Gasteiger partial charge in [0.1, 0.15) is 17.8 Å². The lowest BCUT2D eigenvalue weighted by molar-refractivity contribution is 0.652. The van der Waals surface area contributed by atoms with Crippen LogP contribution in [0.1, 0.15) is 17.2 Å². The fourth-order valence-corrected chi connectivity index (χ4v) is 1.79. The summed E-state index contributed by atoms with van der Waals surface area (Å²) in [7, 11) is 0. The van der Waals surface area contributed by atoms with Gasteiger partial charge in [0.2, 0.25) is 0 Å². The summed E-state index contributed by atoms with van der Waals surface area (Å²) in [5, 5.41) is 17.7. The van der Waals surface area contributed by atoms with Gasteiger partial charge in [0.05, 0.1) is 6.04 Å². The quantitative estimate of drug-likeness (QED) is 0.611. The van der Waals surface area contributed by atoms with Crippen LogP contribution >= 0.6 is 0 Å². The van der Waals surface area contributed by atoms with Gasteiger partial charge in [-0.25, -0.2) is 0 Å². The molecule has 0 spiro atoms. The molecule has 1 fully saturated rings. The van der Waals surface area contributed by atoms with Gasteiger partial charge in [-0.05, 0) is 12.5 Å². The summed E-state index contributed by atoms with van der Waals surface area (Å²) in [5.41, 5.74) is 8.10. The number of rotatable bonds is 2. The average Bonchev–Trinajstić information content (AvgIpc) is 3.11. The van der Waals surface area contributed by atoms with E-state index < -0.39 is 0 Å². The van der Waals surface area contributed by atoms with Crippen LogP contribution in [0.2, 0.25) is 0 Å². The second-order valence-electron chi connectivity index (χ2n) is 4.06. The molecule has 0 bridgehead atoms. The molecule has 0 aliphatic carbocycles. The molecule has 4 heteroatoms. The summed E-state index contributed by atoms with van der Waals surface area (Å²) in [6, 6.07) is 12.1. The van der Waals surface area contributed by atoms with Crippen molar-refractivity contribution in [3.05, 3.63) is 46.8 Å². The lowest BCUT2D eigenvalue weighted by Gasteiger charge is -2.04. The molecule has 17 heavy (non-hydrogen) atoms. The van der Waals surface area contributed by atoms with E-state index in [-0.39, 0.29) is 17.4 Å². The first-order valence-corrected chi connectivity index (χ1v) is 5.30. The summed E-state index contributed by atoms with van der Waals surface area (Å²) in [6.45, 7) is 2.77. The van der Waals surface area contributed by atoms with Crippen LogP contribution in [-0.2, 0) is 0 Å². The number of allylic oxidation sites excluding steroid dienone is 2. The minimum atomic E-state index is -0.0119. The lowest BCUT2D eigenvalue weighted by atomic mass is 10.1. The van der Waals surface area contributed by atoms with Gasteiger partial charge in [0, 0.05) is 6.54 Å². The summed E-state index contributed by atoms with van der Waals surface area (Å²) in [4.78, 5) is 1.84. The Morgan fingerprint density at radius 3 is 2.47 bits per heavy atom. The van der Waals surface area contributed by atoms with Crippen molar-refractivity contribution in [3.8, 4) is 12.1 Å². The van der Waals surface area contributed by atoms with Crippen molar-refractivity contribution in [1.82, 2.24) is 4.90 Å². The molecule has 0 aromatic heterocycles. The third-order valence-electron chi connectivity index (χ3n) is 2.84. The molecule has 1 aliphatic heterocycles. The Labute approximate surface area is 100 Å². The van der Waals surface area contributed by atoms with Crippen molar-refractivity contribution in [2.75, 3.05) is 6.54 Å². The van der Waals surface area contributed by atoms with Gasteiger partial charge in [0.15, 0.2) is 5.70 Å². The maximum absolute atomic E-state index is 8.97. The Hall–Kier alpha value is -2.46. The van der Waals surface area contributed by atoms with E-state index in [2.05, 4.69) is 0 Å². The number of hydrogen-bond acceptors (Lipinski definition) is 4. The smallest absolute Gasteiger partial charge is 0.151 e. The number of nitriles is 2. The van der Waals surface area contributed by atoms with Crippen LogP contribution in [0, 0.1) is 29.6 Å². The highest BCUT2D eigenvalue weighted by Gasteiger charge is 2.38. The first kappa shape index (κ1) is 11.0. The minimum Gasteiger partial charge on any atom is -0.388 e. The van der Waals surface area contributed by atoms with E-state index in [0.717, 1.165) is 12.1 Å². The minimum absolute atomic E-state index is 0.0119. The molecular weight excluding hydrogens is 212 g/mol. The van der Waals surface area contributed by atoms with Crippen LogP contribution in [0.5, 0.6) is 0 Å². The highest BCUT2D eigenvalue weighted by atomic mass is 15.3. The van der Waals surface area contributed by atoms with Gasteiger partial charge in [-0.3, -0.25) is 0 Å². The maximum atomic E-state index is 8.97. The number of benzene rings is 1. The number of nitrogens with two attached hydrogens (primary N) is 1. The molecule has 1 heterocycles. The van der Waals surface area contributed by atoms with Crippen molar-refractivity contribution in [2.45, 2.75) is 13.0 Å². The van der Waals surface area contributed by atoms with Crippen molar-refractivity contribution in [2.24, 2.45) is 5.73 Å². The van der Waals surface area contributed by atoms with Crippen LogP contribution in [0.4, 0.5) is 0 Å². The zero-order valence-electron chi connectivity index (χ0n) is 9.51. The summed E-state index contributed by atoms with van der Waals surface area (Å²) >= 11 is 0. The Morgan fingerprint density at radius 1 is 1.29 bits per heavy atom. The molecular formula is C13H12N4. The highest BCUT2D eigenvalue weighted by Crippen LogP contribution is 2.38. The Balaban J connectivity index is 2.19. The van der Waals surface area contributed by atoms with Gasteiger partial charge in [0.25, 0.3) is 0 Å². The van der Waals surface area contributed by atoms with E-state index in [9.17, 15) is 0 Å². The molecule has 2 N–H and O–H groups in total. The number of hydrogen-bond donors (Lipinski definition) is 1. The van der Waals surface area contributed by atoms with Crippen LogP contribution in [0.3, 0.4) is 0 Å². The first-order valence-electron chi connectivity index (χ1n) is 5.30. The topological polar surface area (TPSA) is 76.6 Å². The van der Waals surface area contributed by atoms with Crippen molar-refractivity contribution in [1.29, 1.82) is 10.5 Å². The SMILES string of the molecule is Cc1ccc(C2CN2/C(C#N)=C(/N)C#N)cc1. The summed E-state index contributed by atoms with van der Waals surface area (Å²) in [6.07, 6.45) is 0. The highest BCUT2D eigenvalue weighted by molar-refractivity contribution is 5.39. The molecule has 1 aromatic rings. The number of nitrogens with zero attached hydrogens (tertiary/aromatic N) is 3.